The average molecular weight is 179 g/mol. The van der Waals surface area contributed by atoms with Crippen LogP contribution in [-0.2, 0) is 7.05 Å². The Hall–Kier alpha value is -0.830. The predicted octanol–water partition coefficient (Wildman–Crippen LogP) is 1.46. The van der Waals surface area contributed by atoms with Gasteiger partial charge < -0.3 is 5.32 Å². The van der Waals surface area contributed by atoms with E-state index in [1.807, 2.05) is 11.7 Å². The Kier molecular flexibility index (Phi) is 2.12. The third kappa shape index (κ3) is 1.37. The third-order valence-electron chi connectivity index (χ3n) is 3.06. The van der Waals surface area contributed by atoms with E-state index < -0.39 is 0 Å². The average Bonchev–Trinajstić information content (AvgIpc) is 2.70. The van der Waals surface area contributed by atoms with E-state index in [0.29, 0.717) is 6.04 Å². The van der Waals surface area contributed by atoms with Gasteiger partial charge in [0.25, 0.3) is 0 Å². The summed E-state index contributed by atoms with van der Waals surface area (Å²) in [5.41, 5.74) is 3.88. The number of nitrogens with zero attached hydrogens (tertiary/aromatic N) is 2. The van der Waals surface area contributed by atoms with Crippen LogP contribution in [0.3, 0.4) is 0 Å². The summed E-state index contributed by atoms with van der Waals surface area (Å²) in [6.45, 7) is 5.43. The fraction of sp³-hybridized carbons (Fsp3) is 0.700. The highest BCUT2D eigenvalue weighted by molar-refractivity contribution is 5.26. The first kappa shape index (κ1) is 8.75. The van der Waals surface area contributed by atoms with Crippen molar-refractivity contribution in [3.63, 3.8) is 0 Å². The number of hydrogen-bond donors (Lipinski definition) is 1. The lowest BCUT2D eigenvalue weighted by molar-refractivity contribution is 0.603. The molecule has 1 N–H and O–H groups in total. The molecule has 72 valence electrons. The summed E-state index contributed by atoms with van der Waals surface area (Å²) in [6.07, 6.45) is 2.51. The summed E-state index contributed by atoms with van der Waals surface area (Å²) in [6, 6.07) is 0.500. The summed E-state index contributed by atoms with van der Waals surface area (Å²) in [5, 5.41) is 8.02. The Morgan fingerprint density at radius 3 is 2.69 bits per heavy atom. The molecular weight excluding hydrogens is 162 g/mol. The molecule has 0 saturated carbocycles. The number of aryl methyl sites for hydroxylation is 1. The molecule has 2 heterocycles. The minimum Gasteiger partial charge on any atom is -0.309 e. The molecule has 1 fully saturated rings. The summed E-state index contributed by atoms with van der Waals surface area (Å²) >= 11 is 0. The molecule has 0 spiro atoms. The Morgan fingerprint density at radius 1 is 1.46 bits per heavy atom. The van der Waals surface area contributed by atoms with Gasteiger partial charge in [-0.05, 0) is 38.8 Å². The van der Waals surface area contributed by atoms with Crippen molar-refractivity contribution >= 4 is 0 Å². The van der Waals surface area contributed by atoms with Crippen molar-refractivity contribution in [3.05, 3.63) is 17.0 Å². The van der Waals surface area contributed by atoms with Crippen molar-refractivity contribution in [3.8, 4) is 0 Å². The first-order valence-electron chi connectivity index (χ1n) is 4.93. The predicted molar refractivity (Wildman–Crippen MR) is 52.7 cm³/mol. The van der Waals surface area contributed by atoms with E-state index in [4.69, 9.17) is 0 Å². The standard InChI is InChI=1S/C10H17N3/c1-7-8(2)13(3)12-10(7)9-5-4-6-11-9/h9,11H,4-6H2,1-3H3/t9-/m0/s1. The number of rotatable bonds is 1. The van der Waals surface area contributed by atoms with Crippen LogP contribution in [0.15, 0.2) is 0 Å². The Labute approximate surface area is 79.1 Å². The SMILES string of the molecule is Cc1c([C@@H]2CCCN2)nn(C)c1C. The highest BCUT2D eigenvalue weighted by atomic mass is 15.3. The van der Waals surface area contributed by atoms with Crippen LogP contribution < -0.4 is 5.32 Å². The normalized spacial score (nSPS) is 22.5. The van der Waals surface area contributed by atoms with Gasteiger partial charge in [-0.25, -0.2) is 0 Å². The van der Waals surface area contributed by atoms with Gasteiger partial charge in [0.05, 0.1) is 11.7 Å². The quantitative estimate of drug-likeness (QED) is 0.707. The molecule has 0 bridgehead atoms. The smallest absolute Gasteiger partial charge is 0.0825 e. The zero-order chi connectivity index (χ0) is 9.42. The summed E-state index contributed by atoms with van der Waals surface area (Å²) in [7, 11) is 2.01. The van der Waals surface area contributed by atoms with E-state index in [9.17, 15) is 0 Å². The molecule has 2 rings (SSSR count). The summed E-state index contributed by atoms with van der Waals surface area (Å²) in [4.78, 5) is 0. The van der Waals surface area contributed by atoms with Crippen LogP contribution in [0.1, 0.15) is 35.8 Å². The molecule has 0 aromatic carbocycles. The number of hydrogen-bond acceptors (Lipinski definition) is 2. The zero-order valence-electron chi connectivity index (χ0n) is 8.59. The van der Waals surface area contributed by atoms with E-state index in [1.165, 1.54) is 29.8 Å². The van der Waals surface area contributed by atoms with Crippen molar-refractivity contribution < 1.29 is 0 Å². The molecule has 0 aliphatic carbocycles. The van der Waals surface area contributed by atoms with Crippen molar-refractivity contribution in [1.29, 1.82) is 0 Å². The van der Waals surface area contributed by atoms with Gasteiger partial charge in [-0.3, -0.25) is 4.68 Å². The minimum atomic E-state index is 0.500. The molecule has 0 unspecified atom stereocenters. The molecule has 0 radical (unpaired) electrons. The molecule has 1 saturated heterocycles. The first-order chi connectivity index (χ1) is 6.20. The van der Waals surface area contributed by atoms with E-state index in [0.717, 1.165) is 6.54 Å². The van der Waals surface area contributed by atoms with Crippen molar-refractivity contribution in [1.82, 2.24) is 15.1 Å². The number of aromatic nitrogens is 2. The van der Waals surface area contributed by atoms with Gasteiger partial charge >= 0.3 is 0 Å². The second kappa shape index (κ2) is 3.14. The molecule has 0 amide bonds. The lowest BCUT2D eigenvalue weighted by Crippen LogP contribution is -2.14. The molecule has 13 heavy (non-hydrogen) atoms. The molecule has 3 heteroatoms. The molecule has 3 nitrogen and oxygen atoms in total. The Morgan fingerprint density at radius 2 is 2.23 bits per heavy atom. The van der Waals surface area contributed by atoms with E-state index in [1.54, 1.807) is 0 Å². The Balaban J connectivity index is 2.34. The van der Waals surface area contributed by atoms with Gasteiger partial charge in [-0.1, -0.05) is 0 Å². The fourth-order valence-electron chi connectivity index (χ4n) is 1.99. The van der Waals surface area contributed by atoms with Crippen LogP contribution in [0.4, 0.5) is 0 Å². The van der Waals surface area contributed by atoms with Crippen LogP contribution in [0.25, 0.3) is 0 Å². The molecule has 1 atom stereocenters. The van der Waals surface area contributed by atoms with Gasteiger partial charge in [0.1, 0.15) is 0 Å². The van der Waals surface area contributed by atoms with Gasteiger partial charge in [-0.15, -0.1) is 0 Å². The van der Waals surface area contributed by atoms with Crippen LogP contribution in [0, 0.1) is 13.8 Å². The molecular formula is C10H17N3. The second-order valence-corrected chi connectivity index (χ2v) is 3.87. The topological polar surface area (TPSA) is 29.9 Å². The maximum Gasteiger partial charge on any atom is 0.0825 e. The lowest BCUT2D eigenvalue weighted by Gasteiger charge is -2.06. The van der Waals surface area contributed by atoms with Gasteiger partial charge in [0, 0.05) is 12.7 Å². The van der Waals surface area contributed by atoms with Crippen molar-refractivity contribution in [2.24, 2.45) is 7.05 Å². The largest absolute Gasteiger partial charge is 0.309 e. The van der Waals surface area contributed by atoms with Gasteiger partial charge in [0.15, 0.2) is 0 Å². The monoisotopic (exact) mass is 179 g/mol. The van der Waals surface area contributed by atoms with Crippen LogP contribution in [-0.4, -0.2) is 16.3 Å². The maximum atomic E-state index is 4.55. The molecule has 1 aromatic rings. The molecule has 1 aromatic heterocycles. The van der Waals surface area contributed by atoms with E-state index in [-0.39, 0.29) is 0 Å². The summed E-state index contributed by atoms with van der Waals surface area (Å²) in [5.74, 6) is 0. The van der Waals surface area contributed by atoms with Crippen LogP contribution in [0.5, 0.6) is 0 Å². The Bertz CT molecular complexity index is 308. The van der Waals surface area contributed by atoms with Gasteiger partial charge in [0.2, 0.25) is 0 Å². The highest BCUT2D eigenvalue weighted by Crippen LogP contribution is 2.25. The molecule has 1 aliphatic rings. The van der Waals surface area contributed by atoms with E-state index in [2.05, 4.69) is 24.3 Å². The highest BCUT2D eigenvalue weighted by Gasteiger charge is 2.21. The summed E-state index contributed by atoms with van der Waals surface area (Å²) < 4.78 is 1.98. The maximum absolute atomic E-state index is 4.55. The lowest BCUT2D eigenvalue weighted by atomic mass is 10.1. The van der Waals surface area contributed by atoms with E-state index >= 15 is 0 Å². The fourth-order valence-corrected chi connectivity index (χ4v) is 1.99. The second-order valence-electron chi connectivity index (χ2n) is 3.87. The van der Waals surface area contributed by atoms with Crippen LogP contribution in [0.2, 0.25) is 0 Å². The minimum absolute atomic E-state index is 0.500. The van der Waals surface area contributed by atoms with Crippen molar-refractivity contribution in [2.75, 3.05) is 6.54 Å². The van der Waals surface area contributed by atoms with Crippen LogP contribution >= 0.6 is 0 Å². The number of nitrogens with one attached hydrogen (secondary N) is 1. The zero-order valence-corrected chi connectivity index (χ0v) is 8.59. The molecule has 1 aliphatic heterocycles. The van der Waals surface area contributed by atoms with Crippen molar-refractivity contribution in [2.45, 2.75) is 32.7 Å². The van der Waals surface area contributed by atoms with Gasteiger partial charge in [-0.2, -0.15) is 5.10 Å². The third-order valence-corrected chi connectivity index (χ3v) is 3.06. The first-order valence-corrected chi connectivity index (χ1v) is 4.93.